The number of carbonyl (C=O) groups excluding carboxylic acids is 2. The van der Waals surface area contributed by atoms with Crippen LogP contribution in [0.4, 0.5) is 0 Å². The summed E-state index contributed by atoms with van der Waals surface area (Å²) in [6.45, 7) is 3.73. The highest BCUT2D eigenvalue weighted by atomic mass is 16.5. The van der Waals surface area contributed by atoms with Crippen LogP contribution in [0.2, 0.25) is 0 Å². The second-order valence-corrected chi connectivity index (χ2v) is 4.42. The Bertz CT molecular complexity index is 677. The van der Waals surface area contributed by atoms with E-state index in [1.54, 1.807) is 44.2 Å². The maximum Gasteiger partial charge on any atom is 0.340 e. The Labute approximate surface area is 128 Å². The predicted molar refractivity (Wildman–Crippen MR) is 79.7 cm³/mol. The van der Waals surface area contributed by atoms with Gasteiger partial charge in [-0.3, -0.25) is 0 Å². The molecular weight excluding hydrogens is 282 g/mol. The van der Waals surface area contributed by atoms with Crippen molar-refractivity contribution in [3.8, 4) is 17.2 Å². The summed E-state index contributed by atoms with van der Waals surface area (Å²) in [6, 6.07) is 10.6. The molecule has 0 N–H and O–H groups in total. The van der Waals surface area contributed by atoms with Gasteiger partial charge in [0.05, 0.1) is 29.9 Å². The lowest BCUT2D eigenvalue weighted by molar-refractivity contribution is 0.0525. The average Bonchev–Trinajstić information content (AvgIpc) is 2.63. The molecule has 2 aliphatic carbocycles. The average molecular weight is 297 g/mol. The van der Waals surface area contributed by atoms with Gasteiger partial charge in [-0.15, -0.1) is 0 Å². The van der Waals surface area contributed by atoms with E-state index < -0.39 is 11.9 Å². The van der Waals surface area contributed by atoms with Crippen molar-refractivity contribution >= 4 is 11.9 Å². The highest BCUT2D eigenvalue weighted by molar-refractivity contribution is 6.11. The molecule has 0 atom stereocenters. The third kappa shape index (κ3) is 2.63. The topological polar surface area (TPSA) is 76.4 Å². The minimum atomic E-state index is -0.620. The van der Waals surface area contributed by atoms with Gasteiger partial charge in [0.1, 0.15) is 6.07 Å². The largest absolute Gasteiger partial charge is 0.462 e. The van der Waals surface area contributed by atoms with E-state index in [0.29, 0.717) is 11.1 Å². The Kier molecular flexibility index (Phi) is 4.74. The van der Waals surface area contributed by atoms with Crippen LogP contribution in [-0.2, 0) is 9.47 Å². The van der Waals surface area contributed by atoms with Gasteiger partial charge in [0.2, 0.25) is 0 Å². The summed E-state index contributed by atoms with van der Waals surface area (Å²) in [5.74, 6) is -1.24. The Morgan fingerprint density at radius 3 is 1.77 bits per heavy atom. The zero-order valence-electron chi connectivity index (χ0n) is 12.4. The van der Waals surface area contributed by atoms with Crippen molar-refractivity contribution in [1.82, 2.24) is 0 Å². The first-order valence-electron chi connectivity index (χ1n) is 6.94. The molecule has 0 saturated heterocycles. The molecule has 112 valence electrons. The SMILES string of the molecule is CCOC(=O)c1c2cccccc-2c(C(=O)OCC)c1C#N. The number of nitrogens with zero attached hydrogens (tertiary/aromatic N) is 1. The molecule has 0 aromatic heterocycles. The van der Waals surface area contributed by atoms with Crippen LogP contribution >= 0.6 is 0 Å². The minimum Gasteiger partial charge on any atom is -0.462 e. The molecule has 0 aliphatic heterocycles. The van der Waals surface area contributed by atoms with Gasteiger partial charge in [0.15, 0.2) is 0 Å². The fourth-order valence-corrected chi connectivity index (χ4v) is 2.32. The lowest BCUT2D eigenvalue weighted by Crippen LogP contribution is -2.08. The van der Waals surface area contributed by atoms with Crippen LogP contribution in [0.15, 0.2) is 30.3 Å². The number of esters is 2. The molecule has 0 fully saturated rings. The van der Waals surface area contributed by atoms with Crippen LogP contribution in [0.5, 0.6) is 0 Å². The number of fused-ring (bicyclic) bond motifs is 1. The lowest BCUT2D eigenvalue weighted by atomic mass is 10.1. The molecule has 2 aliphatic rings. The Morgan fingerprint density at radius 2 is 1.41 bits per heavy atom. The summed E-state index contributed by atoms with van der Waals surface area (Å²) in [4.78, 5) is 24.4. The molecule has 0 spiro atoms. The number of hydrogen-bond donors (Lipinski definition) is 0. The van der Waals surface area contributed by atoms with Crippen molar-refractivity contribution in [1.29, 1.82) is 5.26 Å². The molecule has 0 aromatic rings. The Balaban J connectivity index is 2.78. The van der Waals surface area contributed by atoms with Gasteiger partial charge in [0.25, 0.3) is 0 Å². The predicted octanol–water partition coefficient (Wildman–Crippen LogP) is 3.02. The molecule has 0 bridgehead atoms. The zero-order chi connectivity index (χ0) is 16.1. The van der Waals surface area contributed by atoms with E-state index in [2.05, 4.69) is 0 Å². The fourth-order valence-electron chi connectivity index (χ4n) is 2.32. The molecular formula is C17H15NO4. The third-order valence-corrected chi connectivity index (χ3v) is 3.15. The normalized spacial score (nSPS) is 10.0. The first kappa shape index (κ1) is 15.5. The molecule has 0 aromatic carbocycles. The second kappa shape index (κ2) is 6.72. The molecule has 5 heteroatoms. The minimum absolute atomic E-state index is 0.00176. The molecule has 0 heterocycles. The maximum atomic E-state index is 12.2. The maximum absolute atomic E-state index is 12.2. The quantitative estimate of drug-likeness (QED) is 0.811. The van der Waals surface area contributed by atoms with Gasteiger partial charge in [-0.25, -0.2) is 9.59 Å². The van der Waals surface area contributed by atoms with Crippen molar-refractivity contribution in [3.05, 3.63) is 47.0 Å². The lowest BCUT2D eigenvalue weighted by Gasteiger charge is -2.02. The van der Waals surface area contributed by atoms with E-state index >= 15 is 0 Å². The summed E-state index contributed by atoms with van der Waals surface area (Å²) in [5, 5.41) is 9.43. The van der Waals surface area contributed by atoms with Gasteiger partial charge in [-0.1, -0.05) is 30.3 Å². The van der Waals surface area contributed by atoms with Crippen LogP contribution in [0.1, 0.15) is 40.1 Å². The summed E-state index contributed by atoms with van der Waals surface area (Å²) >= 11 is 0. The van der Waals surface area contributed by atoms with Crippen molar-refractivity contribution in [2.45, 2.75) is 13.8 Å². The van der Waals surface area contributed by atoms with E-state index in [9.17, 15) is 14.9 Å². The highest BCUT2D eigenvalue weighted by Crippen LogP contribution is 2.37. The summed E-state index contributed by atoms with van der Waals surface area (Å²) in [7, 11) is 0. The first-order valence-corrected chi connectivity index (χ1v) is 6.94. The summed E-state index contributed by atoms with van der Waals surface area (Å²) in [6.07, 6.45) is 0. The Hall–Kier alpha value is -2.87. The number of ether oxygens (including phenoxy) is 2. The van der Waals surface area contributed by atoms with Crippen molar-refractivity contribution in [3.63, 3.8) is 0 Å². The summed E-state index contributed by atoms with van der Waals surface area (Å²) < 4.78 is 10.0. The first-order chi connectivity index (χ1) is 10.7. The van der Waals surface area contributed by atoms with Gasteiger partial charge >= 0.3 is 11.9 Å². The smallest absolute Gasteiger partial charge is 0.340 e. The standard InChI is InChI=1S/C17H15NO4/c1-3-21-16(19)14-11-8-6-5-7-9-12(11)15(13(14)10-18)17(20)22-4-2/h5-9H,3-4H2,1-2H3. The van der Waals surface area contributed by atoms with Crippen LogP contribution in [0.3, 0.4) is 0 Å². The van der Waals surface area contributed by atoms with Crippen molar-refractivity contribution < 1.29 is 19.1 Å². The van der Waals surface area contributed by atoms with Crippen LogP contribution in [0.25, 0.3) is 11.1 Å². The van der Waals surface area contributed by atoms with Gasteiger partial charge in [0, 0.05) is 0 Å². The van der Waals surface area contributed by atoms with Crippen LogP contribution < -0.4 is 0 Å². The van der Waals surface area contributed by atoms with Crippen LogP contribution in [-0.4, -0.2) is 25.2 Å². The molecule has 5 nitrogen and oxygen atoms in total. The highest BCUT2D eigenvalue weighted by Gasteiger charge is 2.31. The fraction of sp³-hybridized carbons (Fsp3) is 0.235. The van der Waals surface area contributed by atoms with E-state index in [-0.39, 0.29) is 29.9 Å². The van der Waals surface area contributed by atoms with E-state index in [1.165, 1.54) is 0 Å². The molecule has 0 radical (unpaired) electrons. The Morgan fingerprint density at radius 1 is 0.955 bits per heavy atom. The number of carbonyl (C=O) groups is 2. The molecule has 0 amide bonds. The zero-order valence-corrected chi connectivity index (χ0v) is 12.4. The third-order valence-electron chi connectivity index (χ3n) is 3.15. The number of rotatable bonds is 4. The van der Waals surface area contributed by atoms with Gasteiger partial charge in [-0.05, 0) is 25.0 Å². The van der Waals surface area contributed by atoms with Gasteiger partial charge < -0.3 is 9.47 Å². The molecule has 2 rings (SSSR count). The van der Waals surface area contributed by atoms with E-state index in [1.807, 2.05) is 6.07 Å². The summed E-state index contributed by atoms with van der Waals surface area (Å²) in [5.41, 5.74) is 1.22. The van der Waals surface area contributed by atoms with E-state index in [0.717, 1.165) is 0 Å². The van der Waals surface area contributed by atoms with Crippen molar-refractivity contribution in [2.75, 3.05) is 13.2 Å². The molecule has 22 heavy (non-hydrogen) atoms. The van der Waals surface area contributed by atoms with Crippen LogP contribution in [0, 0.1) is 11.3 Å². The monoisotopic (exact) mass is 297 g/mol. The number of nitriles is 1. The molecule has 0 unspecified atom stereocenters. The van der Waals surface area contributed by atoms with Crippen molar-refractivity contribution in [2.24, 2.45) is 0 Å². The molecule has 0 saturated carbocycles. The second-order valence-electron chi connectivity index (χ2n) is 4.42. The van der Waals surface area contributed by atoms with Gasteiger partial charge in [-0.2, -0.15) is 5.26 Å². The van der Waals surface area contributed by atoms with E-state index in [4.69, 9.17) is 9.47 Å². The number of hydrogen-bond acceptors (Lipinski definition) is 5.